The maximum atomic E-state index is 5.12. The molecule has 0 aliphatic carbocycles. The summed E-state index contributed by atoms with van der Waals surface area (Å²) in [7, 11) is 3.66. The Morgan fingerprint density at radius 3 is 2.73 bits per heavy atom. The van der Waals surface area contributed by atoms with E-state index in [1.54, 1.807) is 13.2 Å². The molecule has 2 heteroatoms. The molecular weight excluding hydrogens is 186 g/mol. The van der Waals surface area contributed by atoms with Gasteiger partial charge in [0.05, 0.1) is 12.9 Å². The minimum Gasteiger partial charge on any atom is -0.501 e. The summed E-state index contributed by atoms with van der Waals surface area (Å²) in [5, 5.41) is 2.06. The van der Waals surface area contributed by atoms with Gasteiger partial charge in [-0.1, -0.05) is 19.2 Å². The molecule has 0 radical (unpaired) electrons. The van der Waals surface area contributed by atoms with Crippen LogP contribution in [0.25, 0.3) is 18.7 Å². The second-order valence-corrected chi connectivity index (χ2v) is 3.40. The normalized spacial score (nSPS) is 13.0. The summed E-state index contributed by atoms with van der Waals surface area (Å²) < 4.78 is 7.18. The Kier molecular flexibility index (Phi) is 3.56. The maximum Gasteiger partial charge on any atom is 0.0945 e. The third-order valence-corrected chi connectivity index (χ3v) is 2.35. The van der Waals surface area contributed by atoms with Crippen molar-refractivity contribution in [2.75, 3.05) is 7.11 Å². The standard InChI is InChI=1S/C13H17NO/c1-6-7-13-10(2)8-12(14(13)4)9-11(3)15-5/h6-9H,1-2H2,3-5H3/b11-9+,13-7+. The van der Waals surface area contributed by atoms with Gasteiger partial charge in [-0.05, 0) is 30.4 Å². The van der Waals surface area contributed by atoms with Crippen molar-refractivity contribution in [1.82, 2.24) is 4.57 Å². The number of ether oxygens (including phenoxy) is 1. The summed E-state index contributed by atoms with van der Waals surface area (Å²) in [4.78, 5) is 0. The molecule has 0 N–H and O–H groups in total. The Hall–Kier alpha value is -1.70. The molecule has 1 rings (SSSR count). The quantitative estimate of drug-likeness (QED) is 0.677. The van der Waals surface area contributed by atoms with Crippen molar-refractivity contribution in [2.45, 2.75) is 6.92 Å². The first-order chi connectivity index (χ1) is 7.10. The summed E-state index contributed by atoms with van der Waals surface area (Å²) in [5.74, 6) is 0.876. The van der Waals surface area contributed by atoms with Gasteiger partial charge in [0.2, 0.25) is 0 Å². The van der Waals surface area contributed by atoms with Crippen LogP contribution in [0, 0.1) is 0 Å². The van der Waals surface area contributed by atoms with Crippen LogP contribution in [0.3, 0.4) is 0 Å². The lowest BCUT2D eigenvalue weighted by atomic mass is 10.3. The lowest BCUT2D eigenvalue weighted by Gasteiger charge is -2.00. The van der Waals surface area contributed by atoms with E-state index in [9.17, 15) is 0 Å². The van der Waals surface area contributed by atoms with Crippen molar-refractivity contribution >= 4 is 18.7 Å². The van der Waals surface area contributed by atoms with Crippen LogP contribution in [0.15, 0.2) is 24.5 Å². The maximum absolute atomic E-state index is 5.12. The second-order valence-electron chi connectivity index (χ2n) is 3.40. The van der Waals surface area contributed by atoms with Gasteiger partial charge in [0, 0.05) is 18.1 Å². The molecule has 0 aliphatic rings. The molecule has 1 aromatic heterocycles. The Balaban J connectivity index is 3.37. The summed E-state index contributed by atoms with van der Waals surface area (Å²) >= 11 is 0. The summed E-state index contributed by atoms with van der Waals surface area (Å²) in [6.45, 7) is 9.59. The fourth-order valence-electron chi connectivity index (χ4n) is 1.44. The Morgan fingerprint density at radius 2 is 2.20 bits per heavy atom. The molecule has 1 heterocycles. The van der Waals surface area contributed by atoms with Gasteiger partial charge in [0.25, 0.3) is 0 Å². The molecule has 2 nitrogen and oxygen atoms in total. The molecule has 0 fully saturated rings. The summed E-state index contributed by atoms with van der Waals surface area (Å²) in [6.07, 6.45) is 5.69. The predicted molar refractivity (Wildman–Crippen MR) is 65.5 cm³/mol. The predicted octanol–water partition coefficient (Wildman–Crippen LogP) is 1.41. The van der Waals surface area contributed by atoms with Gasteiger partial charge in [0.15, 0.2) is 0 Å². The van der Waals surface area contributed by atoms with Crippen molar-refractivity contribution < 1.29 is 4.74 Å². The van der Waals surface area contributed by atoms with Crippen LogP contribution in [0.5, 0.6) is 0 Å². The molecule has 0 atom stereocenters. The Morgan fingerprint density at radius 1 is 1.53 bits per heavy atom. The van der Waals surface area contributed by atoms with E-state index < -0.39 is 0 Å². The zero-order valence-corrected chi connectivity index (χ0v) is 9.58. The highest BCUT2D eigenvalue weighted by atomic mass is 16.5. The Labute approximate surface area is 90.5 Å². The molecule has 0 unspecified atom stereocenters. The van der Waals surface area contributed by atoms with E-state index >= 15 is 0 Å². The number of allylic oxidation sites excluding steroid dienone is 2. The average Bonchev–Trinajstić information content (AvgIpc) is 2.46. The van der Waals surface area contributed by atoms with E-state index in [0.717, 1.165) is 22.0 Å². The fourth-order valence-corrected chi connectivity index (χ4v) is 1.44. The molecule has 0 amide bonds. The van der Waals surface area contributed by atoms with E-state index in [-0.39, 0.29) is 0 Å². The number of methoxy groups -OCH3 is 1. The van der Waals surface area contributed by atoms with Crippen LogP contribution < -0.4 is 10.6 Å². The van der Waals surface area contributed by atoms with Crippen LogP contribution in [-0.4, -0.2) is 11.7 Å². The number of nitrogens with zero attached hydrogens (tertiary/aromatic N) is 1. The van der Waals surface area contributed by atoms with Gasteiger partial charge >= 0.3 is 0 Å². The number of hydrogen-bond donors (Lipinski definition) is 0. The van der Waals surface area contributed by atoms with Crippen molar-refractivity contribution in [1.29, 1.82) is 0 Å². The zero-order chi connectivity index (χ0) is 11.4. The molecule has 80 valence electrons. The first-order valence-electron chi connectivity index (χ1n) is 4.80. The molecule has 15 heavy (non-hydrogen) atoms. The van der Waals surface area contributed by atoms with Crippen LogP contribution in [-0.2, 0) is 11.8 Å². The molecule has 0 saturated heterocycles. The molecule has 0 saturated carbocycles. The number of rotatable bonds is 3. The van der Waals surface area contributed by atoms with Crippen LogP contribution in [0.1, 0.15) is 12.6 Å². The van der Waals surface area contributed by atoms with Crippen LogP contribution in [0.2, 0.25) is 0 Å². The van der Waals surface area contributed by atoms with Gasteiger partial charge in [0.1, 0.15) is 0 Å². The largest absolute Gasteiger partial charge is 0.501 e. The van der Waals surface area contributed by atoms with Crippen molar-refractivity contribution in [3.63, 3.8) is 0 Å². The molecular formula is C13H17NO. The number of aromatic nitrogens is 1. The van der Waals surface area contributed by atoms with E-state index in [4.69, 9.17) is 4.74 Å². The summed E-state index contributed by atoms with van der Waals surface area (Å²) in [6, 6.07) is 2.03. The molecule has 1 aromatic rings. The van der Waals surface area contributed by atoms with Crippen molar-refractivity contribution in [3.8, 4) is 0 Å². The van der Waals surface area contributed by atoms with Crippen LogP contribution >= 0.6 is 0 Å². The van der Waals surface area contributed by atoms with E-state index in [2.05, 4.69) is 17.7 Å². The number of hydrogen-bond acceptors (Lipinski definition) is 1. The van der Waals surface area contributed by atoms with E-state index in [0.29, 0.717) is 0 Å². The van der Waals surface area contributed by atoms with E-state index in [1.165, 1.54) is 0 Å². The molecule has 0 spiro atoms. The van der Waals surface area contributed by atoms with Crippen molar-refractivity contribution in [3.05, 3.63) is 40.7 Å². The molecule has 0 aliphatic heterocycles. The smallest absolute Gasteiger partial charge is 0.0945 e. The third kappa shape index (κ3) is 2.40. The lowest BCUT2D eigenvalue weighted by molar-refractivity contribution is 0.297. The monoisotopic (exact) mass is 203 g/mol. The zero-order valence-electron chi connectivity index (χ0n) is 9.58. The first-order valence-corrected chi connectivity index (χ1v) is 4.80. The Bertz CT molecular complexity index is 491. The highest BCUT2D eigenvalue weighted by molar-refractivity contribution is 5.49. The minimum atomic E-state index is 0.876. The van der Waals surface area contributed by atoms with Gasteiger partial charge < -0.3 is 9.30 Å². The summed E-state index contributed by atoms with van der Waals surface area (Å²) in [5.41, 5.74) is 1.08. The highest BCUT2D eigenvalue weighted by Crippen LogP contribution is 2.02. The van der Waals surface area contributed by atoms with Crippen molar-refractivity contribution in [2.24, 2.45) is 7.05 Å². The van der Waals surface area contributed by atoms with Gasteiger partial charge in [-0.25, -0.2) is 0 Å². The lowest BCUT2D eigenvalue weighted by Crippen LogP contribution is -2.25. The highest BCUT2D eigenvalue weighted by Gasteiger charge is 1.98. The van der Waals surface area contributed by atoms with Gasteiger partial charge in [-0.3, -0.25) is 0 Å². The average molecular weight is 203 g/mol. The minimum absolute atomic E-state index is 0.876. The second kappa shape index (κ2) is 4.69. The third-order valence-electron chi connectivity index (χ3n) is 2.35. The topological polar surface area (TPSA) is 14.2 Å². The van der Waals surface area contributed by atoms with Gasteiger partial charge in [-0.2, -0.15) is 0 Å². The van der Waals surface area contributed by atoms with Gasteiger partial charge in [-0.15, -0.1) is 0 Å². The molecule has 0 aromatic carbocycles. The van der Waals surface area contributed by atoms with E-state index in [1.807, 2.05) is 32.2 Å². The SMILES string of the molecule is C=C/C=c1\c(=C)cc(/C=C(\C)OC)n1C. The first kappa shape index (κ1) is 11.4. The van der Waals surface area contributed by atoms with Crippen LogP contribution in [0.4, 0.5) is 0 Å². The molecule has 0 bridgehead atoms. The fraction of sp³-hybridized carbons (Fsp3) is 0.231.